The maximum atomic E-state index is 10.8. The normalized spacial score (nSPS) is 11.0. The van der Waals surface area contributed by atoms with Gasteiger partial charge in [0.2, 0.25) is 5.78 Å². The van der Waals surface area contributed by atoms with Crippen molar-refractivity contribution in [3.63, 3.8) is 0 Å². The highest BCUT2D eigenvalue weighted by Gasteiger charge is 2.09. The summed E-state index contributed by atoms with van der Waals surface area (Å²) in [4.78, 5) is 31.4. The van der Waals surface area contributed by atoms with Crippen LogP contribution in [0.3, 0.4) is 0 Å². The molecule has 7 heteroatoms. The van der Waals surface area contributed by atoms with Crippen molar-refractivity contribution in [2.75, 3.05) is 6.54 Å². The Balaban J connectivity index is 0.000000409. The SMILES string of the molecule is NC(=O)C(=O)Cc1ccccc1.NCCCC[C@H](N)C(=O)O. The molecule has 0 aliphatic rings. The zero-order chi connectivity index (χ0) is 17.0. The molecule has 0 bridgehead atoms. The van der Waals surface area contributed by atoms with E-state index in [1.807, 2.05) is 18.2 Å². The van der Waals surface area contributed by atoms with Gasteiger partial charge in [0, 0.05) is 6.42 Å². The zero-order valence-electron chi connectivity index (χ0n) is 12.4. The van der Waals surface area contributed by atoms with E-state index in [-0.39, 0.29) is 6.42 Å². The number of ketones is 1. The maximum Gasteiger partial charge on any atom is 0.320 e. The molecule has 1 aromatic rings. The number of carbonyl (C=O) groups excluding carboxylic acids is 2. The topological polar surface area (TPSA) is 150 Å². The summed E-state index contributed by atoms with van der Waals surface area (Å²) in [5, 5.41) is 8.33. The molecule has 0 heterocycles. The van der Waals surface area contributed by atoms with E-state index >= 15 is 0 Å². The number of primary amides is 1. The number of amides is 1. The maximum absolute atomic E-state index is 10.8. The van der Waals surface area contributed by atoms with Crippen molar-refractivity contribution in [2.45, 2.75) is 31.7 Å². The average molecular weight is 309 g/mol. The van der Waals surface area contributed by atoms with Crippen molar-refractivity contribution in [2.24, 2.45) is 17.2 Å². The van der Waals surface area contributed by atoms with E-state index in [4.69, 9.17) is 22.3 Å². The summed E-state index contributed by atoms with van der Waals surface area (Å²) in [6.07, 6.45) is 2.26. The molecule has 0 saturated heterocycles. The number of benzene rings is 1. The van der Waals surface area contributed by atoms with Crippen molar-refractivity contribution < 1.29 is 19.5 Å². The molecule has 1 aromatic carbocycles. The number of aliphatic carboxylic acids is 1. The van der Waals surface area contributed by atoms with Crippen LogP contribution in [0.5, 0.6) is 0 Å². The van der Waals surface area contributed by atoms with E-state index in [1.54, 1.807) is 12.1 Å². The summed E-state index contributed by atoms with van der Waals surface area (Å²) >= 11 is 0. The molecule has 0 saturated carbocycles. The lowest BCUT2D eigenvalue weighted by Gasteiger charge is -2.03. The molecule has 7 N–H and O–H groups in total. The standard InChI is InChI=1S/C9H9NO2.C6H14N2O2/c10-9(12)8(11)6-7-4-2-1-3-5-7;7-4-2-1-3-5(8)6(9)10/h1-5H,6H2,(H2,10,12);5H,1-4,7-8H2,(H,9,10)/t;5-/m.0/s1. The quantitative estimate of drug-likeness (QED) is 0.386. The van der Waals surface area contributed by atoms with Gasteiger partial charge in [0.1, 0.15) is 6.04 Å². The van der Waals surface area contributed by atoms with Crippen LogP contribution in [0.1, 0.15) is 24.8 Å². The largest absolute Gasteiger partial charge is 0.480 e. The molecule has 1 rings (SSSR count). The molecule has 0 unspecified atom stereocenters. The van der Waals surface area contributed by atoms with Gasteiger partial charge in [-0.2, -0.15) is 0 Å². The summed E-state index contributed by atoms with van der Waals surface area (Å²) < 4.78 is 0. The first-order valence-electron chi connectivity index (χ1n) is 6.93. The van der Waals surface area contributed by atoms with Gasteiger partial charge in [-0.25, -0.2) is 0 Å². The fourth-order valence-corrected chi connectivity index (χ4v) is 1.50. The van der Waals surface area contributed by atoms with Gasteiger partial charge in [0.25, 0.3) is 5.91 Å². The highest BCUT2D eigenvalue weighted by Crippen LogP contribution is 1.99. The number of unbranched alkanes of at least 4 members (excludes halogenated alkanes) is 1. The Hall–Kier alpha value is -2.25. The number of carbonyl (C=O) groups is 3. The van der Waals surface area contributed by atoms with E-state index in [1.165, 1.54) is 0 Å². The fourth-order valence-electron chi connectivity index (χ4n) is 1.50. The molecular weight excluding hydrogens is 286 g/mol. The van der Waals surface area contributed by atoms with Gasteiger partial charge in [-0.3, -0.25) is 14.4 Å². The fraction of sp³-hybridized carbons (Fsp3) is 0.400. The molecule has 0 aromatic heterocycles. The van der Waals surface area contributed by atoms with Crippen LogP contribution in [0.15, 0.2) is 30.3 Å². The molecule has 0 fully saturated rings. The molecule has 22 heavy (non-hydrogen) atoms. The average Bonchev–Trinajstić information content (AvgIpc) is 2.48. The predicted octanol–water partition coefficient (Wildman–Crippen LogP) is -0.189. The first-order valence-corrected chi connectivity index (χ1v) is 6.93. The van der Waals surface area contributed by atoms with Crippen molar-refractivity contribution >= 4 is 17.7 Å². The Bertz CT molecular complexity index is 477. The van der Waals surface area contributed by atoms with Crippen molar-refractivity contribution in [1.82, 2.24) is 0 Å². The van der Waals surface area contributed by atoms with Crippen LogP contribution >= 0.6 is 0 Å². The van der Waals surface area contributed by atoms with Crippen molar-refractivity contribution in [3.8, 4) is 0 Å². The lowest BCUT2D eigenvalue weighted by atomic mass is 10.1. The monoisotopic (exact) mass is 309 g/mol. The molecule has 7 nitrogen and oxygen atoms in total. The second-order valence-electron chi connectivity index (χ2n) is 4.68. The van der Waals surface area contributed by atoms with Gasteiger partial charge >= 0.3 is 5.97 Å². The third kappa shape index (κ3) is 9.62. The summed E-state index contributed by atoms with van der Waals surface area (Å²) in [5.74, 6) is -2.36. The van der Waals surface area contributed by atoms with Crippen LogP contribution in [0.4, 0.5) is 0 Å². The summed E-state index contributed by atoms with van der Waals surface area (Å²) in [5.41, 5.74) is 16.0. The van der Waals surface area contributed by atoms with Crippen LogP contribution in [0, 0.1) is 0 Å². The first-order chi connectivity index (χ1) is 10.4. The summed E-state index contributed by atoms with van der Waals surface area (Å²) in [7, 11) is 0. The van der Waals surface area contributed by atoms with Gasteiger partial charge in [-0.15, -0.1) is 0 Å². The summed E-state index contributed by atoms with van der Waals surface area (Å²) in [6.45, 7) is 0.604. The molecule has 122 valence electrons. The molecule has 0 radical (unpaired) electrons. The minimum Gasteiger partial charge on any atom is -0.480 e. The lowest BCUT2D eigenvalue weighted by Crippen LogP contribution is -2.29. The first kappa shape index (κ1) is 19.8. The van der Waals surface area contributed by atoms with Crippen LogP contribution in [0.25, 0.3) is 0 Å². The van der Waals surface area contributed by atoms with Crippen LogP contribution in [-0.4, -0.2) is 35.4 Å². The van der Waals surface area contributed by atoms with E-state index in [0.29, 0.717) is 13.0 Å². The number of rotatable bonds is 8. The van der Waals surface area contributed by atoms with E-state index in [9.17, 15) is 14.4 Å². The Kier molecular flexibility index (Phi) is 10.2. The second-order valence-corrected chi connectivity index (χ2v) is 4.68. The van der Waals surface area contributed by atoms with Crippen molar-refractivity contribution in [3.05, 3.63) is 35.9 Å². The Morgan fingerprint density at radius 1 is 1.09 bits per heavy atom. The lowest BCUT2D eigenvalue weighted by molar-refractivity contribution is -0.138. The number of carboxylic acids is 1. The number of hydrogen-bond acceptors (Lipinski definition) is 5. The number of carboxylic acid groups (broad SMARTS) is 1. The van der Waals surface area contributed by atoms with Gasteiger partial charge in [0.15, 0.2) is 0 Å². The van der Waals surface area contributed by atoms with Gasteiger partial charge in [0.05, 0.1) is 0 Å². The third-order valence-electron chi connectivity index (χ3n) is 2.77. The van der Waals surface area contributed by atoms with Gasteiger partial charge in [-0.05, 0) is 24.9 Å². The van der Waals surface area contributed by atoms with Gasteiger partial charge in [-0.1, -0.05) is 36.8 Å². The van der Waals surface area contributed by atoms with Crippen molar-refractivity contribution in [1.29, 1.82) is 0 Å². The summed E-state index contributed by atoms with van der Waals surface area (Å²) in [6, 6.07) is 8.30. The molecule has 1 atom stereocenters. The zero-order valence-corrected chi connectivity index (χ0v) is 12.4. The third-order valence-corrected chi connectivity index (χ3v) is 2.77. The Morgan fingerprint density at radius 3 is 2.14 bits per heavy atom. The van der Waals surface area contributed by atoms with E-state index in [2.05, 4.69) is 0 Å². The Labute approximate surface area is 129 Å². The molecule has 0 aliphatic heterocycles. The van der Waals surface area contributed by atoms with E-state index < -0.39 is 23.7 Å². The number of Topliss-reactive ketones (excluding diaryl/α,β-unsaturated/α-hetero) is 1. The molecule has 0 aliphatic carbocycles. The predicted molar refractivity (Wildman–Crippen MR) is 82.9 cm³/mol. The highest BCUT2D eigenvalue weighted by molar-refractivity contribution is 6.35. The highest BCUT2D eigenvalue weighted by atomic mass is 16.4. The minimum atomic E-state index is -0.933. The molecular formula is C15H23N3O4. The van der Waals surface area contributed by atoms with Crippen LogP contribution in [-0.2, 0) is 20.8 Å². The number of nitrogens with two attached hydrogens (primary N) is 3. The smallest absolute Gasteiger partial charge is 0.320 e. The second kappa shape index (κ2) is 11.4. The molecule has 1 amide bonds. The van der Waals surface area contributed by atoms with Gasteiger partial charge < -0.3 is 22.3 Å². The van der Waals surface area contributed by atoms with E-state index in [0.717, 1.165) is 18.4 Å². The minimum absolute atomic E-state index is 0.0934. The number of hydrogen-bond donors (Lipinski definition) is 4. The molecule has 0 spiro atoms. The Morgan fingerprint density at radius 2 is 1.68 bits per heavy atom. The van der Waals surface area contributed by atoms with Crippen LogP contribution < -0.4 is 17.2 Å². The van der Waals surface area contributed by atoms with Crippen LogP contribution in [0.2, 0.25) is 0 Å².